The number of nitrogens with one attached hydrogen (secondary N) is 1. The van der Waals surface area contributed by atoms with E-state index in [0.717, 1.165) is 29.7 Å². The quantitative estimate of drug-likeness (QED) is 0.409. The molecule has 2 amide bonds. The first-order chi connectivity index (χ1) is 17.0. The number of piperidine rings is 1. The maximum absolute atomic E-state index is 13.3. The van der Waals surface area contributed by atoms with E-state index in [1.165, 1.54) is 0 Å². The number of halogens is 2. The molecule has 1 heterocycles. The van der Waals surface area contributed by atoms with Gasteiger partial charge in [0.15, 0.2) is 0 Å². The zero-order valence-corrected chi connectivity index (χ0v) is 20.8. The van der Waals surface area contributed by atoms with Gasteiger partial charge in [-0.15, -0.1) is 0 Å². The number of rotatable bonds is 8. The van der Waals surface area contributed by atoms with Crippen molar-refractivity contribution in [2.24, 2.45) is 5.92 Å². The van der Waals surface area contributed by atoms with Crippen molar-refractivity contribution < 1.29 is 14.3 Å². The van der Waals surface area contributed by atoms with Crippen molar-refractivity contribution in [2.45, 2.75) is 25.3 Å². The Labute approximate surface area is 216 Å². The number of benzene rings is 3. The van der Waals surface area contributed by atoms with Crippen LogP contribution in [0, 0.1) is 5.92 Å². The molecule has 1 aliphatic rings. The molecule has 1 fully saturated rings. The van der Waals surface area contributed by atoms with Crippen molar-refractivity contribution in [3.05, 3.63) is 100 Å². The highest BCUT2D eigenvalue weighted by molar-refractivity contribution is 6.30. The van der Waals surface area contributed by atoms with Crippen LogP contribution in [0.2, 0.25) is 10.0 Å². The van der Waals surface area contributed by atoms with Crippen LogP contribution in [0.5, 0.6) is 5.75 Å². The Balaban J connectivity index is 1.38. The van der Waals surface area contributed by atoms with Gasteiger partial charge in [-0.05, 0) is 60.4 Å². The van der Waals surface area contributed by atoms with Crippen molar-refractivity contribution in [3.63, 3.8) is 0 Å². The standard InChI is InChI=1S/C28H28Cl2N2O3/c29-23-12-8-20(9-13-23)27(21-10-14-24(30)15-11-21)31-28(34)22-5-4-17-32(19-22)26(33)16-18-35-25-6-2-1-3-7-25/h1-3,6-15,22,27H,4-5,16-19H2,(H,31,34). The molecule has 0 spiro atoms. The lowest BCUT2D eigenvalue weighted by molar-refractivity contribution is -0.136. The van der Waals surface area contributed by atoms with Crippen molar-refractivity contribution in [1.82, 2.24) is 10.2 Å². The molecule has 0 radical (unpaired) electrons. The molecular weight excluding hydrogens is 483 g/mol. The molecule has 5 nitrogen and oxygen atoms in total. The lowest BCUT2D eigenvalue weighted by atomic mass is 9.94. The van der Waals surface area contributed by atoms with E-state index in [-0.39, 0.29) is 30.2 Å². The molecule has 7 heteroatoms. The van der Waals surface area contributed by atoms with Crippen molar-refractivity contribution in [1.29, 1.82) is 0 Å². The highest BCUT2D eigenvalue weighted by Crippen LogP contribution is 2.27. The van der Waals surface area contributed by atoms with Gasteiger partial charge >= 0.3 is 0 Å². The lowest BCUT2D eigenvalue weighted by Gasteiger charge is -2.33. The third kappa shape index (κ3) is 7.00. The minimum atomic E-state index is -0.345. The summed E-state index contributed by atoms with van der Waals surface area (Å²) in [5, 5.41) is 4.46. The summed E-state index contributed by atoms with van der Waals surface area (Å²) in [4.78, 5) is 27.9. The van der Waals surface area contributed by atoms with Crippen molar-refractivity contribution in [3.8, 4) is 5.75 Å². The monoisotopic (exact) mass is 510 g/mol. The van der Waals surface area contributed by atoms with Gasteiger partial charge in [0.1, 0.15) is 5.75 Å². The summed E-state index contributed by atoms with van der Waals surface area (Å²) in [5.41, 5.74) is 1.85. The first kappa shape index (κ1) is 25.1. The number of para-hydroxylation sites is 1. The summed E-state index contributed by atoms with van der Waals surface area (Å²) < 4.78 is 5.66. The number of hydrogen-bond acceptors (Lipinski definition) is 3. The third-order valence-corrected chi connectivity index (χ3v) is 6.67. The van der Waals surface area contributed by atoms with Crippen molar-refractivity contribution >= 4 is 35.0 Å². The van der Waals surface area contributed by atoms with E-state index >= 15 is 0 Å². The molecule has 35 heavy (non-hydrogen) atoms. The van der Waals surface area contributed by atoms with Crippen LogP contribution >= 0.6 is 23.2 Å². The topological polar surface area (TPSA) is 58.6 Å². The number of carbonyl (C=O) groups is 2. The van der Waals surface area contributed by atoms with Gasteiger partial charge in [-0.25, -0.2) is 0 Å². The number of hydrogen-bond donors (Lipinski definition) is 1. The highest BCUT2D eigenvalue weighted by atomic mass is 35.5. The molecule has 3 aromatic rings. The Hall–Kier alpha value is -3.02. The molecule has 3 aromatic carbocycles. The molecule has 1 atom stereocenters. The Morgan fingerprint density at radius 2 is 1.51 bits per heavy atom. The summed E-state index contributed by atoms with van der Waals surface area (Å²) in [6, 6.07) is 24.0. The van der Waals surface area contributed by atoms with Gasteiger partial charge in [-0.1, -0.05) is 65.7 Å². The molecule has 1 aliphatic heterocycles. The Kier molecular flexibility index (Phi) is 8.67. The predicted octanol–water partition coefficient (Wildman–Crippen LogP) is 5.91. The second-order valence-electron chi connectivity index (χ2n) is 8.64. The molecule has 0 saturated carbocycles. The summed E-state index contributed by atoms with van der Waals surface area (Å²) >= 11 is 12.2. The van der Waals surface area contributed by atoms with Crippen molar-refractivity contribution in [2.75, 3.05) is 19.7 Å². The number of carbonyl (C=O) groups excluding carboxylic acids is 2. The Morgan fingerprint density at radius 1 is 0.914 bits per heavy atom. The minimum Gasteiger partial charge on any atom is -0.493 e. The summed E-state index contributed by atoms with van der Waals surface area (Å²) in [6.07, 6.45) is 1.81. The molecular formula is C28H28Cl2N2O3. The number of likely N-dealkylation sites (tertiary alicyclic amines) is 1. The Morgan fingerprint density at radius 3 is 2.11 bits per heavy atom. The van der Waals surface area contributed by atoms with Crippen LogP contribution in [0.15, 0.2) is 78.9 Å². The normalized spacial score (nSPS) is 15.6. The fraction of sp³-hybridized carbons (Fsp3) is 0.286. The molecule has 0 aromatic heterocycles. The van der Waals surface area contributed by atoms with E-state index in [2.05, 4.69) is 5.32 Å². The molecule has 182 valence electrons. The number of nitrogens with zero attached hydrogens (tertiary/aromatic N) is 1. The van der Waals surface area contributed by atoms with Crippen LogP contribution in [-0.4, -0.2) is 36.4 Å². The minimum absolute atomic E-state index is 0.00498. The van der Waals surface area contributed by atoms with Crippen LogP contribution in [-0.2, 0) is 9.59 Å². The fourth-order valence-electron chi connectivity index (χ4n) is 4.28. The first-order valence-corrected chi connectivity index (χ1v) is 12.5. The number of ether oxygens (including phenoxy) is 1. The third-order valence-electron chi connectivity index (χ3n) is 6.17. The van der Waals surface area contributed by atoms with Gasteiger partial charge in [0.05, 0.1) is 25.0 Å². The SMILES string of the molecule is O=C(NC(c1ccc(Cl)cc1)c1ccc(Cl)cc1)C1CCCN(C(=O)CCOc2ccccc2)C1. The molecule has 0 aliphatic carbocycles. The molecule has 1 N–H and O–H groups in total. The van der Waals surface area contributed by atoms with E-state index < -0.39 is 0 Å². The summed E-state index contributed by atoms with van der Waals surface area (Å²) in [5.74, 6) is 0.403. The second kappa shape index (κ2) is 12.1. The summed E-state index contributed by atoms with van der Waals surface area (Å²) in [7, 11) is 0. The smallest absolute Gasteiger partial charge is 0.226 e. The van der Waals surface area contributed by atoms with Gasteiger partial charge in [-0.3, -0.25) is 9.59 Å². The average Bonchev–Trinajstić information content (AvgIpc) is 2.89. The van der Waals surface area contributed by atoms with Gasteiger partial charge in [-0.2, -0.15) is 0 Å². The molecule has 4 rings (SSSR count). The maximum atomic E-state index is 13.3. The predicted molar refractivity (Wildman–Crippen MR) is 139 cm³/mol. The van der Waals surface area contributed by atoms with E-state index in [9.17, 15) is 9.59 Å². The maximum Gasteiger partial charge on any atom is 0.226 e. The van der Waals surface area contributed by atoms with E-state index in [1.54, 1.807) is 4.90 Å². The molecule has 1 saturated heterocycles. The number of amides is 2. The van der Waals surface area contributed by atoms with Gasteiger partial charge in [0.25, 0.3) is 0 Å². The zero-order chi connectivity index (χ0) is 24.6. The van der Waals surface area contributed by atoms with Crippen LogP contribution in [0.25, 0.3) is 0 Å². The van der Waals surface area contributed by atoms with E-state index in [0.29, 0.717) is 29.7 Å². The van der Waals surface area contributed by atoms with E-state index in [4.69, 9.17) is 27.9 Å². The van der Waals surface area contributed by atoms with Crippen LogP contribution in [0.3, 0.4) is 0 Å². The summed E-state index contributed by atoms with van der Waals surface area (Å²) in [6.45, 7) is 1.38. The second-order valence-corrected chi connectivity index (χ2v) is 9.51. The van der Waals surface area contributed by atoms with Crippen LogP contribution in [0.4, 0.5) is 0 Å². The zero-order valence-electron chi connectivity index (χ0n) is 19.3. The first-order valence-electron chi connectivity index (χ1n) is 11.8. The fourth-order valence-corrected chi connectivity index (χ4v) is 4.53. The van der Waals surface area contributed by atoms with Crippen LogP contribution < -0.4 is 10.1 Å². The van der Waals surface area contributed by atoms with Gasteiger partial charge < -0.3 is 15.0 Å². The van der Waals surface area contributed by atoms with Gasteiger partial charge in [0.2, 0.25) is 11.8 Å². The molecule has 0 bridgehead atoms. The van der Waals surface area contributed by atoms with E-state index in [1.807, 2.05) is 78.9 Å². The molecule has 1 unspecified atom stereocenters. The lowest BCUT2D eigenvalue weighted by Crippen LogP contribution is -2.46. The Bertz CT molecular complexity index is 1080. The van der Waals surface area contributed by atoms with Gasteiger partial charge in [0, 0.05) is 23.1 Å². The average molecular weight is 511 g/mol. The highest BCUT2D eigenvalue weighted by Gasteiger charge is 2.30. The largest absolute Gasteiger partial charge is 0.493 e. The van der Waals surface area contributed by atoms with Crippen LogP contribution in [0.1, 0.15) is 36.4 Å².